The van der Waals surface area contributed by atoms with Gasteiger partial charge in [-0.05, 0) is 32.2 Å². The van der Waals surface area contributed by atoms with Crippen molar-refractivity contribution in [3.8, 4) is 11.8 Å². The van der Waals surface area contributed by atoms with Gasteiger partial charge >= 0.3 is 0 Å². The molecule has 0 radical (unpaired) electrons. The summed E-state index contributed by atoms with van der Waals surface area (Å²) in [5.41, 5.74) is 0. The largest absolute Gasteiger partial charge is 0.492 e. The topological polar surface area (TPSA) is 36.3 Å². The molecular weight excluding hydrogens is 280 g/mol. The molecule has 0 fully saturated rings. The fourth-order valence-corrected chi connectivity index (χ4v) is 1.85. The molecule has 0 saturated carbocycles. The van der Waals surface area contributed by atoms with Gasteiger partial charge in [0.1, 0.15) is 12.4 Å². The van der Waals surface area contributed by atoms with Gasteiger partial charge in [-0.1, -0.05) is 22.0 Å². The summed E-state index contributed by atoms with van der Waals surface area (Å²) in [6, 6.07) is 10.0. The zero-order chi connectivity index (χ0) is 12.7. The van der Waals surface area contributed by atoms with Crippen molar-refractivity contribution < 1.29 is 4.74 Å². The van der Waals surface area contributed by atoms with E-state index in [1.54, 1.807) is 0 Å². The first-order valence-electron chi connectivity index (χ1n) is 5.58. The molecule has 1 aromatic carbocycles. The van der Waals surface area contributed by atoms with E-state index in [4.69, 9.17) is 10.00 Å². The molecule has 1 unspecified atom stereocenters. The molecule has 0 bridgehead atoms. The van der Waals surface area contributed by atoms with Gasteiger partial charge < -0.3 is 9.64 Å². The molecule has 92 valence electrons. The number of ether oxygens (including phenoxy) is 1. The minimum Gasteiger partial charge on any atom is -0.492 e. The second kappa shape index (κ2) is 7.31. The summed E-state index contributed by atoms with van der Waals surface area (Å²) in [7, 11) is 2.00. The van der Waals surface area contributed by atoms with Gasteiger partial charge in [0.05, 0.1) is 12.0 Å². The summed E-state index contributed by atoms with van der Waals surface area (Å²) >= 11 is 3.40. The standard InChI is InChI=1S/C13H17BrN2O/c1-11(9-15)10-16(2)6-7-17-13-5-3-4-12(14)8-13/h3-5,8,11H,6-7,10H2,1-2H3. The summed E-state index contributed by atoms with van der Waals surface area (Å²) < 4.78 is 6.63. The number of likely N-dealkylation sites (N-methyl/N-ethyl adjacent to an activating group) is 1. The van der Waals surface area contributed by atoms with Crippen molar-refractivity contribution in [3.05, 3.63) is 28.7 Å². The fourth-order valence-electron chi connectivity index (χ4n) is 1.48. The molecule has 1 aromatic rings. The number of benzene rings is 1. The van der Waals surface area contributed by atoms with Crippen LogP contribution in [0.1, 0.15) is 6.92 Å². The lowest BCUT2D eigenvalue weighted by molar-refractivity contribution is 0.228. The zero-order valence-electron chi connectivity index (χ0n) is 10.2. The minimum absolute atomic E-state index is 0.0610. The van der Waals surface area contributed by atoms with Crippen molar-refractivity contribution in [3.63, 3.8) is 0 Å². The predicted octanol–water partition coefficient (Wildman–Crippen LogP) is 2.92. The smallest absolute Gasteiger partial charge is 0.120 e. The molecule has 0 saturated heterocycles. The molecule has 3 nitrogen and oxygen atoms in total. The Hall–Kier alpha value is -1.05. The Morgan fingerprint density at radius 2 is 2.29 bits per heavy atom. The highest BCUT2D eigenvalue weighted by atomic mass is 79.9. The van der Waals surface area contributed by atoms with Crippen LogP contribution in [0.5, 0.6) is 5.75 Å². The maximum atomic E-state index is 8.70. The highest BCUT2D eigenvalue weighted by Crippen LogP contribution is 2.17. The van der Waals surface area contributed by atoms with Crippen LogP contribution in [0.2, 0.25) is 0 Å². The molecule has 1 atom stereocenters. The fraction of sp³-hybridized carbons (Fsp3) is 0.462. The lowest BCUT2D eigenvalue weighted by Gasteiger charge is -2.17. The first-order chi connectivity index (χ1) is 8.11. The van der Waals surface area contributed by atoms with E-state index in [1.807, 2.05) is 38.2 Å². The first kappa shape index (κ1) is 14.0. The summed E-state index contributed by atoms with van der Waals surface area (Å²) in [5, 5.41) is 8.70. The second-order valence-corrected chi connectivity index (χ2v) is 5.01. The van der Waals surface area contributed by atoms with Crippen LogP contribution in [0.25, 0.3) is 0 Å². The van der Waals surface area contributed by atoms with Crippen molar-refractivity contribution in [2.24, 2.45) is 5.92 Å². The normalized spacial score (nSPS) is 12.2. The SMILES string of the molecule is CC(C#N)CN(C)CCOc1cccc(Br)c1. The van der Waals surface area contributed by atoms with E-state index in [2.05, 4.69) is 26.9 Å². The van der Waals surface area contributed by atoms with Gasteiger partial charge in [-0.15, -0.1) is 0 Å². The monoisotopic (exact) mass is 296 g/mol. The summed E-state index contributed by atoms with van der Waals surface area (Å²) in [4.78, 5) is 2.10. The summed E-state index contributed by atoms with van der Waals surface area (Å²) in [6.45, 7) is 4.15. The molecule has 0 aliphatic carbocycles. The Morgan fingerprint density at radius 3 is 2.94 bits per heavy atom. The lowest BCUT2D eigenvalue weighted by atomic mass is 10.2. The summed E-state index contributed by atoms with van der Waals surface area (Å²) in [5.74, 6) is 0.923. The van der Waals surface area contributed by atoms with E-state index in [-0.39, 0.29) is 5.92 Å². The number of hydrogen-bond donors (Lipinski definition) is 0. The molecule has 1 rings (SSSR count). The van der Waals surface area contributed by atoms with Crippen LogP contribution in [0.3, 0.4) is 0 Å². The molecular formula is C13H17BrN2O. The summed E-state index contributed by atoms with van der Waals surface area (Å²) in [6.07, 6.45) is 0. The van der Waals surface area contributed by atoms with Gasteiger partial charge in [-0.2, -0.15) is 5.26 Å². The number of nitriles is 1. The Bertz CT molecular complexity index is 389. The van der Waals surface area contributed by atoms with Crippen LogP contribution >= 0.6 is 15.9 Å². The van der Waals surface area contributed by atoms with Crippen molar-refractivity contribution in [2.45, 2.75) is 6.92 Å². The molecule has 0 aliphatic heterocycles. The van der Waals surface area contributed by atoms with Crippen LogP contribution in [0.4, 0.5) is 0 Å². The van der Waals surface area contributed by atoms with Gasteiger partial charge in [-0.25, -0.2) is 0 Å². The van der Waals surface area contributed by atoms with Gasteiger partial charge in [0.15, 0.2) is 0 Å². The van der Waals surface area contributed by atoms with Crippen LogP contribution in [-0.4, -0.2) is 31.6 Å². The van der Waals surface area contributed by atoms with Gasteiger partial charge in [0, 0.05) is 17.6 Å². The quantitative estimate of drug-likeness (QED) is 0.810. The van der Waals surface area contributed by atoms with E-state index in [1.165, 1.54) is 0 Å². The van der Waals surface area contributed by atoms with E-state index in [9.17, 15) is 0 Å². The molecule has 0 aromatic heterocycles. The predicted molar refractivity (Wildman–Crippen MR) is 71.9 cm³/mol. The highest BCUT2D eigenvalue weighted by Gasteiger charge is 2.04. The van der Waals surface area contributed by atoms with E-state index < -0.39 is 0 Å². The number of nitrogens with zero attached hydrogens (tertiary/aromatic N) is 2. The van der Waals surface area contributed by atoms with Crippen molar-refractivity contribution in [1.82, 2.24) is 4.90 Å². The number of halogens is 1. The molecule has 4 heteroatoms. The number of hydrogen-bond acceptors (Lipinski definition) is 3. The maximum Gasteiger partial charge on any atom is 0.120 e. The minimum atomic E-state index is 0.0610. The van der Waals surface area contributed by atoms with E-state index in [0.717, 1.165) is 23.3 Å². The third-order valence-electron chi connectivity index (χ3n) is 2.34. The highest BCUT2D eigenvalue weighted by molar-refractivity contribution is 9.10. The van der Waals surface area contributed by atoms with Gasteiger partial charge in [0.2, 0.25) is 0 Å². The van der Waals surface area contributed by atoms with Crippen LogP contribution in [-0.2, 0) is 0 Å². The molecule has 0 N–H and O–H groups in total. The van der Waals surface area contributed by atoms with Crippen LogP contribution in [0.15, 0.2) is 28.7 Å². The average Bonchev–Trinajstić information content (AvgIpc) is 2.29. The molecule has 17 heavy (non-hydrogen) atoms. The van der Waals surface area contributed by atoms with E-state index in [0.29, 0.717) is 6.61 Å². The van der Waals surface area contributed by atoms with E-state index >= 15 is 0 Å². The van der Waals surface area contributed by atoms with Crippen molar-refractivity contribution in [2.75, 3.05) is 26.7 Å². The Balaban J connectivity index is 2.26. The Labute approximate surface area is 111 Å². The van der Waals surface area contributed by atoms with Crippen LogP contribution in [0, 0.1) is 17.2 Å². The Morgan fingerprint density at radius 1 is 1.53 bits per heavy atom. The molecule has 0 spiro atoms. The van der Waals surface area contributed by atoms with Gasteiger partial charge in [-0.3, -0.25) is 0 Å². The molecule has 0 aliphatic rings. The Kier molecular flexibility index (Phi) is 6.03. The van der Waals surface area contributed by atoms with Gasteiger partial charge in [0.25, 0.3) is 0 Å². The van der Waals surface area contributed by atoms with Crippen molar-refractivity contribution >= 4 is 15.9 Å². The average molecular weight is 297 g/mol. The molecule has 0 heterocycles. The first-order valence-corrected chi connectivity index (χ1v) is 6.37. The third kappa shape index (κ3) is 5.71. The number of rotatable bonds is 6. The lowest BCUT2D eigenvalue weighted by Crippen LogP contribution is -2.28. The maximum absolute atomic E-state index is 8.70. The van der Waals surface area contributed by atoms with Crippen LogP contribution < -0.4 is 4.74 Å². The zero-order valence-corrected chi connectivity index (χ0v) is 11.8. The van der Waals surface area contributed by atoms with Crippen molar-refractivity contribution in [1.29, 1.82) is 5.26 Å². The molecule has 0 amide bonds. The third-order valence-corrected chi connectivity index (χ3v) is 2.84. The second-order valence-electron chi connectivity index (χ2n) is 4.10.